The molecule has 3 aromatic rings. The molecule has 0 spiro atoms. The van der Waals surface area contributed by atoms with E-state index in [4.69, 9.17) is 17.3 Å². The minimum atomic E-state index is -0.520. The quantitative estimate of drug-likeness (QED) is 0.805. The molecule has 2 N–H and O–H groups in total. The van der Waals surface area contributed by atoms with Crippen molar-refractivity contribution in [2.24, 2.45) is 5.73 Å². The Morgan fingerprint density at radius 1 is 1.32 bits per heavy atom. The van der Waals surface area contributed by atoms with Crippen molar-refractivity contribution in [2.75, 3.05) is 11.9 Å². The van der Waals surface area contributed by atoms with Gasteiger partial charge < -0.3 is 10.6 Å². The van der Waals surface area contributed by atoms with E-state index < -0.39 is 5.91 Å². The Labute approximate surface area is 132 Å². The largest absolute Gasteiger partial charge is 0.365 e. The second kappa shape index (κ2) is 5.69. The highest BCUT2D eigenvalue weighted by atomic mass is 35.5. The number of hydrogen-bond donors (Lipinski definition) is 1. The smallest absolute Gasteiger partial charge is 0.252 e. The minimum Gasteiger partial charge on any atom is -0.365 e. The normalized spacial score (nSPS) is 10.8. The van der Waals surface area contributed by atoms with Gasteiger partial charge >= 0.3 is 0 Å². The number of benzene rings is 1. The summed E-state index contributed by atoms with van der Waals surface area (Å²) in [5.41, 5.74) is 7.51. The number of rotatable bonds is 4. The van der Waals surface area contributed by atoms with E-state index >= 15 is 0 Å². The van der Waals surface area contributed by atoms with Gasteiger partial charge in [-0.3, -0.25) is 4.79 Å². The topological polar surface area (TPSA) is 63.6 Å². The number of hydrogen-bond acceptors (Lipinski definition) is 3. The van der Waals surface area contributed by atoms with Gasteiger partial charge in [-0.2, -0.15) is 5.10 Å². The zero-order valence-electron chi connectivity index (χ0n) is 12.0. The van der Waals surface area contributed by atoms with Crippen molar-refractivity contribution in [1.82, 2.24) is 9.61 Å². The molecule has 0 unspecified atom stereocenters. The van der Waals surface area contributed by atoms with Crippen LogP contribution in [-0.4, -0.2) is 22.6 Å². The second-order valence-corrected chi connectivity index (χ2v) is 5.53. The molecule has 0 saturated carbocycles. The number of anilines is 1. The Balaban J connectivity index is 2.04. The van der Waals surface area contributed by atoms with E-state index in [1.54, 1.807) is 10.6 Å². The van der Waals surface area contributed by atoms with Crippen molar-refractivity contribution in [3.63, 3.8) is 0 Å². The van der Waals surface area contributed by atoms with Crippen molar-refractivity contribution in [2.45, 2.75) is 6.54 Å². The van der Waals surface area contributed by atoms with Crippen LogP contribution in [0.4, 0.5) is 5.82 Å². The fourth-order valence-corrected chi connectivity index (χ4v) is 2.64. The summed E-state index contributed by atoms with van der Waals surface area (Å²) in [6.45, 7) is 0.696. The standard InChI is InChI=1S/C16H15ClN4O/c1-20(10-11-5-3-2-4-6-11)15-8-12(17)7-14-13(16(18)22)9-19-21(14)15/h2-9H,10H2,1H3,(H2,18,22). The Bertz CT molecular complexity index is 829. The van der Waals surface area contributed by atoms with Crippen LogP contribution in [-0.2, 0) is 6.54 Å². The number of fused-ring (bicyclic) bond motifs is 1. The Kier molecular flexibility index (Phi) is 3.73. The Morgan fingerprint density at radius 2 is 2.05 bits per heavy atom. The van der Waals surface area contributed by atoms with Gasteiger partial charge in [0.25, 0.3) is 5.91 Å². The summed E-state index contributed by atoms with van der Waals surface area (Å²) in [4.78, 5) is 13.5. The lowest BCUT2D eigenvalue weighted by Gasteiger charge is -2.20. The number of nitrogens with zero attached hydrogens (tertiary/aromatic N) is 3. The number of nitrogens with two attached hydrogens (primary N) is 1. The average Bonchev–Trinajstić information content (AvgIpc) is 2.91. The number of pyridine rings is 1. The van der Waals surface area contributed by atoms with Crippen LogP contribution in [0.3, 0.4) is 0 Å². The Hall–Kier alpha value is -2.53. The Morgan fingerprint density at radius 3 is 2.73 bits per heavy atom. The van der Waals surface area contributed by atoms with Crippen LogP contribution in [0.25, 0.3) is 5.52 Å². The van der Waals surface area contributed by atoms with Crippen molar-refractivity contribution in [1.29, 1.82) is 0 Å². The molecule has 1 amide bonds. The summed E-state index contributed by atoms with van der Waals surface area (Å²) in [5, 5.41) is 4.79. The van der Waals surface area contributed by atoms with E-state index in [2.05, 4.69) is 17.2 Å². The van der Waals surface area contributed by atoms with Crippen molar-refractivity contribution >= 4 is 28.8 Å². The summed E-state index contributed by atoms with van der Waals surface area (Å²) >= 11 is 6.18. The number of halogens is 1. The molecular weight excluding hydrogens is 300 g/mol. The fraction of sp³-hybridized carbons (Fsp3) is 0.125. The maximum Gasteiger partial charge on any atom is 0.252 e. The second-order valence-electron chi connectivity index (χ2n) is 5.09. The first kappa shape index (κ1) is 14.4. The summed E-state index contributed by atoms with van der Waals surface area (Å²) in [5.74, 6) is 0.271. The monoisotopic (exact) mass is 314 g/mol. The van der Waals surface area contributed by atoms with Crippen LogP contribution in [0.2, 0.25) is 5.02 Å². The van der Waals surface area contributed by atoms with Crippen LogP contribution < -0.4 is 10.6 Å². The molecule has 22 heavy (non-hydrogen) atoms. The third-order valence-corrected chi connectivity index (χ3v) is 3.70. The van der Waals surface area contributed by atoms with E-state index in [1.807, 2.05) is 36.2 Å². The zero-order valence-corrected chi connectivity index (χ0v) is 12.8. The van der Waals surface area contributed by atoms with Crippen LogP contribution >= 0.6 is 11.6 Å². The predicted molar refractivity (Wildman–Crippen MR) is 87.3 cm³/mol. The highest BCUT2D eigenvalue weighted by Gasteiger charge is 2.15. The van der Waals surface area contributed by atoms with Crippen molar-refractivity contribution < 1.29 is 4.79 Å². The molecule has 5 nitrogen and oxygen atoms in total. The summed E-state index contributed by atoms with van der Waals surface area (Å²) in [6, 6.07) is 13.6. The van der Waals surface area contributed by atoms with E-state index in [1.165, 1.54) is 11.8 Å². The van der Waals surface area contributed by atoms with Crippen LogP contribution in [0.5, 0.6) is 0 Å². The van der Waals surface area contributed by atoms with E-state index in [9.17, 15) is 4.79 Å². The van der Waals surface area contributed by atoms with Gasteiger partial charge in [-0.15, -0.1) is 0 Å². The molecule has 0 saturated heterocycles. The first-order valence-electron chi connectivity index (χ1n) is 6.78. The summed E-state index contributed by atoms with van der Waals surface area (Å²) in [6.07, 6.45) is 1.47. The molecule has 0 aliphatic carbocycles. The molecule has 2 heterocycles. The van der Waals surface area contributed by atoms with Crippen molar-refractivity contribution in [3.8, 4) is 0 Å². The van der Waals surface area contributed by atoms with Gasteiger partial charge in [0.1, 0.15) is 5.82 Å². The van der Waals surface area contributed by atoms with Gasteiger partial charge in [0.05, 0.1) is 17.3 Å². The maximum absolute atomic E-state index is 11.5. The van der Waals surface area contributed by atoms with Crippen LogP contribution in [0.1, 0.15) is 15.9 Å². The zero-order chi connectivity index (χ0) is 15.7. The lowest BCUT2D eigenvalue weighted by Crippen LogP contribution is -2.19. The third kappa shape index (κ3) is 2.63. The van der Waals surface area contributed by atoms with E-state index in [-0.39, 0.29) is 0 Å². The summed E-state index contributed by atoms with van der Waals surface area (Å²) in [7, 11) is 1.95. The molecule has 0 fully saturated rings. The molecule has 0 aliphatic heterocycles. The molecule has 3 rings (SSSR count). The molecule has 0 radical (unpaired) electrons. The first-order chi connectivity index (χ1) is 10.6. The van der Waals surface area contributed by atoms with Gasteiger partial charge in [-0.25, -0.2) is 4.52 Å². The van der Waals surface area contributed by atoms with Crippen LogP contribution in [0, 0.1) is 0 Å². The number of carbonyl (C=O) groups excluding carboxylic acids is 1. The molecule has 112 valence electrons. The molecule has 1 aromatic carbocycles. The average molecular weight is 315 g/mol. The maximum atomic E-state index is 11.5. The lowest BCUT2D eigenvalue weighted by molar-refractivity contribution is 0.100. The number of amides is 1. The highest BCUT2D eigenvalue weighted by Crippen LogP contribution is 2.25. The van der Waals surface area contributed by atoms with Gasteiger partial charge in [-0.05, 0) is 17.7 Å². The molecule has 6 heteroatoms. The third-order valence-electron chi connectivity index (χ3n) is 3.48. The fourth-order valence-electron chi connectivity index (χ4n) is 2.44. The molecule has 0 atom stereocenters. The molecular formula is C16H15ClN4O. The minimum absolute atomic E-state index is 0.358. The highest BCUT2D eigenvalue weighted by molar-refractivity contribution is 6.31. The van der Waals surface area contributed by atoms with Crippen LogP contribution in [0.15, 0.2) is 48.7 Å². The van der Waals surface area contributed by atoms with E-state index in [0.29, 0.717) is 22.6 Å². The van der Waals surface area contributed by atoms with Gasteiger partial charge in [-0.1, -0.05) is 41.9 Å². The van der Waals surface area contributed by atoms with Gasteiger partial charge in [0.2, 0.25) is 0 Å². The first-order valence-corrected chi connectivity index (χ1v) is 7.16. The molecule has 2 aromatic heterocycles. The predicted octanol–water partition coefficient (Wildman–Crippen LogP) is 2.72. The number of carbonyl (C=O) groups is 1. The number of primary amides is 1. The SMILES string of the molecule is CN(Cc1ccccc1)c1cc(Cl)cc2c(C(N)=O)cnn12. The lowest BCUT2D eigenvalue weighted by atomic mass is 10.2. The van der Waals surface area contributed by atoms with E-state index in [0.717, 1.165) is 5.82 Å². The van der Waals surface area contributed by atoms with Gasteiger partial charge in [0.15, 0.2) is 0 Å². The van der Waals surface area contributed by atoms with Gasteiger partial charge in [0, 0.05) is 18.6 Å². The molecule has 0 aliphatic rings. The number of aromatic nitrogens is 2. The molecule has 0 bridgehead atoms. The summed E-state index contributed by atoms with van der Waals surface area (Å²) < 4.78 is 1.68. The van der Waals surface area contributed by atoms with Crippen molar-refractivity contribution in [3.05, 3.63) is 64.8 Å².